The van der Waals surface area contributed by atoms with E-state index in [-0.39, 0.29) is 24.0 Å². The first-order valence-corrected chi connectivity index (χ1v) is 7.03. The molecule has 1 atom stereocenters. The molecule has 0 aliphatic heterocycles. The molecule has 6 heteroatoms. The molecule has 0 aliphatic carbocycles. The highest BCUT2D eigenvalue weighted by Crippen LogP contribution is 2.07. The summed E-state index contributed by atoms with van der Waals surface area (Å²) >= 11 is 0. The topological polar surface area (TPSA) is 59.4 Å². The monoisotopic (exact) mass is 393 g/mol. The largest absolute Gasteiger partial charge is 0.370 e. The lowest BCUT2D eigenvalue weighted by Crippen LogP contribution is -2.37. The van der Waals surface area contributed by atoms with E-state index in [1.54, 1.807) is 0 Å². The Morgan fingerprint density at radius 3 is 2.45 bits per heavy atom. The quantitative estimate of drug-likeness (QED) is 0.459. The van der Waals surface area contributed by atoms with Crippen LogP contribution in [0.1, 0.15) is 32.2 Å². The van der Waals surface area contributed by atoms with Crippen molar-refractivity contribution in [3.8, 4) is 0 Å². The highest BCUT2D eigenvalue weighted by molar-refractivity contribution is 14.0. The second-order valence-corrected chi connectivity index (χ2v) is 5.09. The predicted molar refractivity (Wildman–Crippen MR) is 95.7 cm³/mol. The average Bonchev–Trinajstić information content (AvgIpc) is 2.67. The van der Waals surface area contributed by atoms with Crippen LogP contribution in [0.3, 0.4) is 0 Å². The Labute approximate surface area is 139 Å². The van der Waals surface area contributed by atoms with Crippen LogP contribution in [0.4, 0.5) is 0 Å². The standard InChI is InChI=1S/C14H27N5.HI/c1-6-18(7-2)14(15)16-9-11(3)10-19-13(5)8-12(4)17-19;/h8,11H,6-7,9-10H2,1-5H3,(H2,15,16);1H. The minimum atomic E-state index is 0. The van der Waals surface area contributed by atoms with Gasteiger partial charge in [-0.2, -0.15) is 5.10 Å². The average molecular weight is 393 g/mol. The molecule has 0 radical (unpaired) electrons. The van der Waals surface area contributed by atoms with Gasteiger partial charge < -0.3 is 10.6 Å². The number of aryl methyl sites for hydroxylation is 2. The van der Waals surface area contributed by atoms with Crippen molar-refractivity contribution in [2.75, 3.05) is 19.6 Å². The lowest BCUT2D eigenvalue weighted by Gasteiger charge is -2.20. The second kappa shape index (κ2) is 9.20. The van der Waals surface area contributed by atoms with E-state index < -0.39 is 0 Å². The molecule has 0 fully saturated rings. The van der Waals surface area contributed by atoms with Crippen LogP contribution in [-0.2, 0) is 6.54 Å². The molecule has 116 valence electrons. The number of nitrogens with zero attached hydrogens (tertiary/aromatic N) is 4. The van der Waals surface area contributed by atoms with Crippen molar-refractivity contribution in [2.45, 2.75) is 41.2 Å². The van der Waals surface area contributed by atoms with Crippen molar-refractivity contribution < 1.29 is 0 Å². The number of hydrogen-bond acceptors (Lipinski definition) is 2. The summed E-state index contributed by atoms with van der Waals surface area (Å²) in [4.78, 5) is 6.54. The normalized spacial score (nSPS) is 12.9. The van der Waals surface area contributed by atoms with E-state index in [0.717, 1.165) is 31.9 Å². The Bertz CT molecular complexity index is 423. The molecule has 0 bridgehead atoms. The van der Waals surface area contributed by atoms with Gasteiger partial charge in [-0.25, -0.2) is 0 Å². The van der Waals surface area contributed by atoms with Gasteiger partial charge in [-0.15, -0.1) is 24.0 Å². The van der Waals surface area contributed by atoms with Crippen molar-refractivity contribution in [3.63, 3.8) is 0 Å². The zero-order valence-electron chi connectivity index (χ0n) is 13.3. The Kier molecular flexibility index (Phi) is 8.84. The summed E-state index contributed by atoms with van der Waals surface area (Å²) in [5, 5.41) is 4.47. The minimum absolute atomic E-state index is 0. The van der Waals surface area contributed by atoms with Crippen LogP contribution >= 0.6 is 24.0 Å². The Morgan fingerprint density at radius 2 is 2.00 bits per heavy atom. The van der Waals surface area contributed by atoms with Gasteiger partial charge in [-0.3, -0.25) is 9.67 Å². The minimum Gasteiger partial charge on any atom is -0.370 e. The number of hydrogen-bond donors (Lipinski definition) is 1. The summed E-state index contributed by atoms with van der Waals surface area (Å²) in [6.07, 6.45) is 0. The van der Waals surface area contributed by atoms with Gasteiger partial charge in [0.25, 0.3) is 0 Å². The number of aromatic nitrogens is 2. The molecule has 0 saturated carbocycles. The van der Waals surface area contributed by atoms with E-state index in [0.29, 0.717) is 11.9 Å². The Balaban J connectivity index is 0.00000361. The Morgan fingerprint density at radius 1 is 1.40 bits per heavy atom. The summed E-state index contributed by atoms with van der Waals surface area (Å²) in [6, 6.07) is 2.10. The first kappa shape index (κ1) is 19.2. The van der Waals surface area contributed by atoms with E-state index in [1.807, 2.05) is 11.6 Å². The number of halogens is 1. The van der Waals surface area contributed by atoms with Gasteiger partial charge in [0.15, 0.2) is 5.96 Å². The maximum absolute atomic E-state index is 5.97. The molecule has 2 N–H and O–H groups in total. The van der Waals surface area contributed by atoms with Crippen LogP contribution in [0.5, 0.6) is 0 Å². The molecule has 0 aliphatic rings. The van der Waals surface area contributed by atoms with E-state index in [9.17, 15) is 0 Å². The molecule has 1 unspecified atom stereocenters. The van der Waals surface area contributed by atoms with E-state index in [1.165, 1.54) is 5.69 Å². The second-order valence-electron chi connectivity index (χ2n) is 5.09. The van der Waals surface area contributed by atoms with Gasteiger partial charge in [-0.05, 0) is 39.7 Å². The zero-order chi connectivity index (χ0) is 14.4. The fourth-order valence-corrected chi connectivity index (χ4v) is 2.11. The number of guanidine groups is 1. The van der Waals surface area contributed by atoms with Crippen molar-refractivity contribution in [2.24, 2.45) is 16.6 Å². The molecule has 20 heavy (non-hydrogen) atoms. The molecule has 1 aromatic heterocycles. The van der Waals surface area contributed by atoms with Gasteiger partial charge in [-0.1, -0.05) is 6.92 Å². The summed E-state index contributed by atoms with van der Waals surface area (Å²) in [6.45, 7) is 13.9. The highest BCUT2D eigenvalue weighted by atomic mass is 127. The van der Waals surface area contributed by atoms with Crippen LogP contribution in [-0.4, -0.2) is 40.3 Å². The molecule has 1 heterocycles. The van der Waals surface area contributed by atoms with Crippen molar-refractivity contribution >= 4 is 29.9 Å². The molecular formula is C14H28IN5. The summed E-state index contributed by atoms with van der Waals surface area (Å²) in [5.74, 6) is 1.07. The van der Waals surface area contributed by atoms with Crippen molar-refractivity contribution in [3.05, 3.63) is 17.5 Å². The van der Waals surface area contributed by atoms with E-state index in [2.05, 4.69) is 48.8 Å². The zero-order valence-corrected chi connectivity index (χ0v) is 15.6. The first-order valence-electron chi connectivity index (χ1n) is 7.03. The molecule has 0 amide bonds. The lowest BCUT2D eigenvalue weighted by atomic mass is 10.2. The van der Waals surface area contributed by atoms with Gasteiger partial charge in [0.05, 0.1) is 5.69 Å². The summed E-state index contributed by atoms with van der Waals surface area (Å²) < 4.78 is 2.04. The van der Waals surface area contributed by atoms with Crippen LogP contribution in [0.15, 0.2) is 11.1 Å². The van der Waals surface area contributed by atoms with E-state index >= 15 is 0 Å². The van der Waals surface area contributed by atoms with Crippen LogP contribution in [0.2, 0.25) is 0 Å². The molecule has 1 aromatic rings. The smallest absolute Gasteiger partial charge is 0.191 e. The Hall–Kier alpha value is -0.790. The van der Waals surface area contributed by atoms with Gasteiger partial charge in [0.1, 0.15) is 0 Å². The number of aliphatic imine (C=N–C) groups is 1. The highest BCUT2D eigenvalue weighted by Gasteiger charge is 2.08. The van der Waals surface area contributed by atoms with Crippen LogP contribution in [0, 0.1) is 19.8 Å². The van der Waals surface area contributed by atoms with Crippen LogP contribution < -0.4 is 5.73 Å². The third kappa shape index (κ3) is 5.68. The maximum Gasteiger partial charge on any atom is 0.191 e. The van der Waals surface area contributed by atoms with E-state index in [4.69, 9.17) is 5.73 Å². The molecule has 0 spiro atoms. The summed E-state index contributed by atoms with van der Waals surface area (Å²) in [7, 11) is 0. The third-order valence-corrected chi connectivity index (χ3v) is 3.24. The number of rotatable bonds is 6. The first-order chi connectivity index (χ1) is 8.97. The third-order valence-electron chi connectivity index (χ3n) is 3.24. The SMILES string of the molecule is CCN(CC)C(N)=NCC(C)Cn1nc(C)cc1C.I. The van der Waals surface area contributed by atoms with Gasteiger partial charge in [0, 0.05) is 31.9 Å². The van der Waals surface area contributed by atoms with Gasteiger partial charge >= 0.3 is 0 Å². The molecular weight excluding hydrogens is 365 g/mol. The molecule has 0 aromatic carbocycles. The predicted octanol–water partition coefficient (Wildman–Crippen LogP) is 2.41. The maximum atomic E-state index is 5.97. The lowest BCUT2D eigenvalue weighted by molar-refractivity contribution is 0.434. The number of nitrogens with two attached hydrogens (primary N) is 1. The van der Waals surface area contributed by atoms with Crippen molar-refractivity contribution in [1.29, 1.82) is 0 Å². The van der Waals surface area contributed by atoms with Crippen molar-refractivity contribution in [1.82, 2.24) is 14.7 Å². The van der Waals surface area contributed by atoms with Gasteiger partial charge in [0.2, 0.25) is 0 Å². The molecule has 0 saturated heterocycles. The summed E-state index contributed by atoms with van der Waals surface area (Å²) in [5.41, 5.74) is 8.23. The fraction of sp³-hybridized carbons (Fsp3) is 0.714. The fourth-order valence-electron chi connectivity index (χ4n) is 2.11. The molecule has 5 nitrogen and oxygen atoms in total. The molecule has 1 rings (SSSR count). The van der Waals surface area contributed by atoms with Crippen LogP contribution in [0.25, 0.3) is 0 Å².